The highest BCUT2D eigenvalue weighted by atomic mass is 16.6. The Labute approximate surface area is 198 Å². The van der Waals surface area contributed by atoms with Gasteiger partial charge in [-0.3, -0.25) is 0 Å². The molecule has 3 aliphatic rings. The smallest absolute Gasteiger partial charge is 0.163 e. The highest BCUT2D eigenvalue weighted by Gasteiger charge is 2.23. The summed E-state index contributed by atoms with van der Waals surface area (Å²) < 4.78 is 19.5. The van der Waals surface area contributed by atoms with Gasteiger partial charge in [-0.25, -0.2) is 0 Å². The lowest BCUT2D eigenvalue weighted by molar-refractivity contribution is 0.172. The van der Waals surface area contributed by atoms with Gasteiger partial charge in [0.05, 0.1) is 12.6 Å². The standard InChI is InChI=1S/C28H25N3O3/c1-3-18-7-9-20(10-8-18)27-23-17-31(16-19-5-4-6-21(13-19)32-2)24-15-26-25(33-11-12-34-26)14-22(24)28(23)30-29-27/h4-10,13-15,17H,3,11-12,16H2,1-2H3. The van der Waals surface area contributed by atoms with Crippen molar-refractivity contribution in [1.29, 1.82) is 0 Å². The van der Waals surface area contributed by atoms with Gasteiger partial charge in [0.1, 0.15) is 30.4 Å². The number of hydrogen-bond donors (Lipinski definition) is 0. The summed E-state index contributed by atoms with van der Waals surface area (Å²) in [5.41, 5.74) is 7.28. The molecule has 0 saturated heterocycles. The molecule has 0 N–H and O–H groups in total. The van der Waals surface area contributed by atoms with Crippen LogP contribution in [0.1, 0.15) is 18.1 Å². The third-order valence-electron chi connectivity index (χ3n) is 6.39. The van der Waals surface area contributed by atoms with Crippen LogP contribution in [0, 0.1) is 0 Å². The summed E-state index contributed by atoms with van der Waals surface area (Å²) in [5.74, 6) is 2.34. The number of fused-ring (bicyclic) bond motifs is 4. The molecule has 6 nitrogen and oxygen atoms in total. The van der Waals surface area contributed by atoms with Crippen molar-refractivity contribution in [2.75, 3.05) is 20.3 Å². The van der Waals surface area contributed by atoms with Crippen molar-refractivity contribution < 1.29 is 14.2 Å². The van der Waals surface area contributed by atoms with Crippen molar-refractivity contribution in [3.05, 3.63) is 78.0 Å². The van der Waals surface area contributed by atoms with Gasteiger partial charge >= 0.3 is 0 Å². The van der Waals surface area contributed by atoms with Gasteiger partial charge in [-0.05, 0) is 35.7 Å². The van der Waals surface area contributed by atoms with Gasteiger partial charge < -0.3 is 18.8 Å². The van der Waals surface area contributed by atoms with Crippen LogP contribution in [0.25, 0.3) is 33.4 Å². The lowest BCUT2D eigenvalue weighted by atomic mass is 10.00. The van der Waals surface area contributed by atoms with Crippen LogP contribution in [0.2, 0.25) is 0 Å². The molecule has 6 rings (SSSR count). The number of pyridine rings is 1. The molecule has 0 aliphatic carbocycles. The fraction of sp³-hybridized carbons (Fsp3) is 0.214. The summed E-state index contributed by atoms with van der Waals surface area (Å²) in [6.45, 7) is 3.92. The minimum Gasteiger partial charge on any atom is -0.497 e. The van der Waals surface area contributed by atoms with E-state index >= 15 is 0 Å². The number of aryl methyl sites for hydroxylation is 1. The second kappa shape index (κ2) is 8.37. The number of aromatic nitrogens is 3. The SMILES string of the molecule is CCc1ccc(-c2nnc3c4cc5c(cc4n(Cc4cccc(OC)c4)cc2-3)OCCO5)cc1. The van der Waals surface area contributed by atoms with E-state index in [-0.39, 0.29) is 0 Å². The first-order chi connectivity index (χ1) is 16.7. The van der Waals surface area contributed by atoms with Crippen LogP contribution in [0.5, 0.6) is 17.2 Å². The van der Waals surface area contributed by atoms with E-state index in [1.54, 1.807) is 7.11 Å². The second-order valence-corrected chi connectivity index (χ2v) is 8.48. The van der Waals surface area contributed by atoms with Gasteiger partial charge in [0, 0.05) is 35.3 Å². The maximum absolute atomic E-state index is 5.89. The molecular formula is C28H25N3O3. The van der Waals surface area contributed by atoms with Gasteiger partial charge in [-0.2, -0.15) is 0 Å². The van der Waals surface area contributed by atoms with E-state index in [0.29, 0.717) is 19.8 Å². The molecular weight excluding hydrogens is 426 g/mol. The van der Waals surface area contributed by atoms with E-state index in [4.69, 9.17) is 14.2 Å². The number of rotatable bonds is 5. The van der Waals surface area contributed by atoms with E-state index in [2.05, 4.69) is 64.3 Å². The summed E-state index contributed by atoms with van der Waals surface area (Å²) in [5, 5.41) is 10.2. The fourth-order valence-corrected chi connectivity index (χ4v) is 4.58. The Kier molecular flexibility index (Phi) is 5.06. The third kappa shape index (κ3) is 3.52. The Morgan fingerprint density at radius 1 is 0.882 bits per heavy atom. The summed E-state index contributed by atoms with van der Waals surface area (Å²) in [6.07, 6.45) is 3.16. The third-order valence-corrected chi connectivity index (χ3v) is 6.39. The van der Waals surface area contributed by atoms with Crippen molar-refractivity contribution in [3.8, 4) is 39.8 Å². The van der Waals surface area contributed by atoms with Gasteiger partial charge in [0.15, 0.2) is 11.5 Å². The van der Waals surface area contributed by atoms with Crippen molar-refractivity contribution in [1.82, 2.24) is 14.8 Å². The first kappa shape index (κ1) is 20.5. The van der Waals surface area contributed by atoms with Crippen LogP contribution in [-0.2, 0) is 13.0 Å². The first-order valence-corrected chi connectivity index (χ1v) is 11.5. The van der Waals surface area contributed by atoms with Gasteiger partial charge in [0.25, 0.3) is 0 Å². The van der Waals surface area contributed by atoms with Crippen LogP contribution in [0.4, 0.5) is 0 Å². The lowest BCUT2D eigenvalue weighted by Crippen LogP contribution is -2.15. The largest absolute Gasteiger partial charge is 0.497 e. The average molecular weight is 452 g/mol. The number of benzene rings is 3. The molecule has 0 spiro atoms. The average Bonchev–Trinajstić information content (AvgIpc) is 3.32. The molecule has 6 heteroatoms. The Bertz CT molecular complexity index is 1460. The van der Waals surface area contributed by atoms with Crippen molar-refractivity contribution in [2.24, 2.45) is 0 Å². The molecule has 0 atom stereocenters. The predicted octanol–water partition coefficient (Wildman–Crippen LogP) is 5.59. The zero-order valence-electron chi connectivity index (χ0n) is 19.2. The summed E-state index contributed by atoms with van der Waals surface area (Å²) >= 11 is 0. The molecule has 0 unspecified atom stereocenters. The van der Waals surface area contributed by atoms with Crippen LogP contribution in [0.15, 0.2) is 66.9 Å². The van der Waals surface area contributed by atoms with Gasteiger partial charge in [-0.1, -0.05) is 43.3 Å². The zero-order chi connectivity index (χ0) is 23.1. The predicted molar refractivity (Wildman–Crippen MR) is 132 cm³/mol. The normalized spacial score (nSPS) is 12.9. The minimum atomic E-state index is 0.542. The molecule has 3 aromatic rings. The Morgan fingerprint density at radius 3 is 2.41 bits per heavy atom. The van der Waals surface area contributed by atoms with E-state index in [1.165, 1.54) is 5.56 Å². The monoisotopic (exact) mass is 451 g/mol. The lowest BCUT2D eigenvalue weighted by Gasteiger charge is -2.21. The van der Waals surface area contributed by atoms with Crippen molar-refractivity contribution in [3.63, 3.8) is 0 Å². The second-order valence-electron chi connectivity index (χ2n) is 8.48. The number of ether oxygens (including phenoxy) is 3. The summed E-state index contributed by atoms with van der Waals surface area (Å²) in [7, 11) is 1.69. The van der Waals surface area contributed by atoms with E-state index in [1.807, 2.05) is 24.3 Å². The Morgan fingerprint density at radius 2 is 1.65 bits per heavy atom. The molecule has 0 aromatic heterocycles. The highest BCUT2D eigenvalue weighted by molar-refractivity contribution is 5.99. The number of nitrogens with zero attached hydrogens (tertiary/aromatic N) is 3. The van der Waals surface area contributed by atoms with Crippen LogP contribution < -0.4 is 14.2 Å². The molecule has 170 valence electrons. The molecule has 3 heterocycles. The van der Waals surface area contributed by atoms with E-state index in [9.17, 15) is 0 Å². The highest BCUT2D eigenvalue weighted by Crippen LogP contribution is 2.42. The molecule has 0 bridgehead atoms. The van der Waals surface area contributed by atoms with Crippen LogP contribution in [-0.4, -0.2) is 35.1 Å². The Hall–Kier alpha value is -4.06. The van der Waals surface area contributed by atoms with Crippen molar-refractivity contribution >= 4 is 10.9 Å². The van der Waals surface area contributed by atoms with Crippen molar-refractivity contribution in [2.45, 2.75) is 19.9 Å². The Balaban J connectivity index is 1.56. The molecule has 0 amide bonds. The maximum Gasteiger partial charge on any atom is 0.163 e. The zero-order valence-corrected chi connectivity index (χ0v) is 19.2. The molecule has 3 aliphatic heterocycles. The van der Waals surface area contributed by atoms with Gasteiger partial charge in [0.2, 0.25) is 0 Å². The minimum absolute atomic E-state index is 0.542. The topological polar surface area (TPSA) is 58.4 Å². The summed E-state index contributed by atoms with van der Waals surface area (Å²) in [4.78, 5) is 0. The molecule has 34 heavy (non-hydrogen) atoms. The molecule has 0 saturated carbocycles. The van der Waals surface area contributed by atoms with E-state index in [0.717, 1.165) is 62.7 Å². The molecule has 0 fully saturated rings. The van der Waals surface area contributed by atoms with Crippen LogP contribution >= 0.6 is 0 Å². The summed E-state index contributed by atoms with van der Waals surface area (Å²) in [6, 6.07) is 20.8. The quantitative estimate of drug-likeness (QED) is 0.348. The first-order valence-electron chi connectivity index (χ1n) is 11.5. The number of hydrogen-bond acceptors (Lipinski definition) is 5. The van der Waals surface area contributed by atoms with E-state index < -0.39 is 0 Å². The molecule has 3 aromatic carbocycles. The maximum atomic E-state index is 5.89. The fourth-order valence-electron chi connectivity index (χ4n) is 4.58. The number of methoxy groups -OCH3 is 1. The van der Waals surface area contributed by atoms with Gasteiger partial charge in [-0.15, -0.1) is 10.2 Å². The molecule has 0 radical (unpaired) electrons. The van der Waals surface area contributed by atoms with Crippen LogP contribution in [0.3, 0.4) is 0 Å².